The van der Waals surface area contributed by atoms with Gasteiger partial charge in [0.1, 0.15) is 5.69 Å². The van der Waals surface area contributed by atoms with Crippen LogP contribution in [0.4, 0.5) is 24.5 Å². The van der Waals surface area contributed by atoms with E-state index in [0.717, 1.165) is 25.0 Å². The van der Waals surface area contributed by atoms with Gasteiger partial charge in [0.2, 0.25) is 5.91 Å². The maximum absolute atomic E-state index is 12.7. The molecule has 0 radical (unpaired) electrons. The highest BCUT2D eigenvalue weighted by Crippen LogP contribution is 2.35. The van der Waals surface area contributed by atoms with Crippen molar-refractivity contribution >= 4 is 17.3 Å². The Morgan fingerprint density at radius 1 is 1.38 bits per heavy atom. The molecule has 1 aromatic rings. The Hall–Kier alpha value is -2.32. The van der Waals surface area contributed by atoms with Crippen LogP contribution in [0.5, 0.6) is 0 Å². The summed E-state index contributed by atoms with van der Waals surface area (Å²) in [5.74, 6) is 0.284. The maximum Gasteiger partial charge on any atom is 0.416 e. The Morgan fingerprint density at radius 2 is 2.04 bits per heavy atom. The van der Waals surface area contributed by atoms with Gasteiger partial charge in [-0.15, -0.1) is 0 Å². The Balaban J connectivity index is 2.00. The highest BCUT2D eigenvalue weighted by Gasteiger charge is 2.34. The molecule has 1 aliphatic rings. The number of rotatable bonds is 8. The van der Waals surface area contributed by atoms with Crippen LogP contribution in [0.1, 0.15) is 38.7 Å². The first-order valence-corrected chi connectivity index (χ1v) is 8.48. The van der Waals surface area contributed by atoms with E-state index in [1.807, 2.05) is 18.7 Å². The maximum atomic E-state index is 12.7. The number of nitro groups is 1. The van der Waals surface area contributed by atoms with Gasteiger partial charge in [-0.3, -0.25) is 14.9 Å². The fraction of sp³-hybridized carbons (Fsp3) is 0.588. The number of hydrogen-bond donors (Lipinski definition) is 1. The summed E-state index contributed by atoms with van der Waals surface area (Å²) in [7, 11) is 0. The predicted molar refractivity (Wildman–Crippen MR) is 90.8 cm³/mol. The van der Waals surface area contributed by atoms with E-state index in [0.29, 0.717) is 18.5 Å². The summed E-state index contributed by atoms with van der Waals surface area (Å²) < 4.78 is 38.1. The van der Waals surface area contributed by atoms with Gasteiger partial charge in [-0.25, -0.2) is 0 Å². The van der Waals surface area contributed by atoms with E-state index in [9.17, 15) is 28.1 Å². The van der Waals surface area contributed by atoms with Crippen molar-refractivity contribution in [2.75, 3.05) is 18.4 Å². The lowest BCUT2D eigenvalue weighted by molar-refractivity contribution is -0.384. The van der Waals surface area contributed by atoms with Crippen molar-refractivity contribution in [3.05, 3.63) is 33.9 Å². The van der Waals surface area contributed by atoms with Crippen molar-refractivity contribution in [3.8, 4) is 0 Å². The lowest BCUT2D eigenvalue weighted by Crippen LogP contribution is -2.36. The van der Waals surface area contributed by atoms with Crippen LogP contribution in [0.2, 0.25) is 0 Å². The van der Waals surface area contributed by atoms with E-state index < -0.39 is 22.4 Å². The molecule has 1 aromatic carbocycles. The molecule has 0 unspecified atom stereocenters. The Labute approximate surface area is 149 Å². The first-order valence-electron chi connectivity index (χ1n) is 8.48. The number of nitrogens with zero attached hydrogens (tertiary/aromatic N) is 2. The second-order valence-corrected chi connectivity index (χ2v) is 6.83. The van der Waals surface area contributed by atoms with E-state index in [-0.39, 0.29) is 30.6 Å². The molecule has 0 heterocycles. The normalized spacial score (nSPS) is 14.4. The SMILES string of the molecule is CC(C)CN(C(=O)CCNc1ccc(C(F)(F)F)cc1[N+](=O)[O-])C1CC1. The van der Waals surface area contributed by atoms with Gasteiger partial charge in [-0.1, -0.05) is 13.8 Å². The van der Waals surface area contributed by atoms with E-state index in [1.165, 1.54) is 0 Å². The molecule has 1 aliphatic carbocycles. The van der Waals surface area contributed by atoms with Crippen molar-refractivity contribution in [2.24, 2.45) is 5.92 Å². The number of carbonyl (C=O) groups is 1. The van der Waals surface area contributed by atoms with Crippen LogP contribution in [0.25, 0.3) is 0 Å². The van der Waals surface area contributed by atoms with Crippen LogP contribution >= 0.6 is 0 Å². The van der Waals surface area contributed by atoms with Crippen molar-refractivity contribution in [3.63, 3.8) is 0 Å². The zero-order valence-corrected chi connectivity index (χ0v) is 14.7. The minimum Gasteiger partial charge on any atom is -0.379 e. The predicted octanol–water partition coefficient (Wildman–Crippen LogP) is 4.06. The van der Waals surface area contributed by atoms with Gasteiger partial charge in [-0.05, 0) is 30.9 Å². The summed E-state index contributed by atoms with van der Waals surface area (Å²) in [5.41, 5.74) is -1.77. The molecular weight excluding hydrogens is 351 g/mol. The molecule has 0 spiro atoms. The third-order valence-electron chi connectivity index (χ3n) is 4.05. The molecule has 2 rings (SSSR count). The fourth-order valence-electron chi connectivity index (χ4n) is 2.69. The van der Waals surface area contributed by atoms with Gasteiger partial charge >= 0.3 is 6.18 Å². The first kappa shape index (κ1) is 20.0. The molecule has 144 valence electrons. The molecule has 1 fully saturated rings. The van der Waals surface area contributed by atoms with Gasteiger partial charge in [0.25, 0.3) is 5.69 Å². The minimum absolute atomic E-state index is 0.0300. The average molecular weight is 373 g/mol. The first-order chi connectivity index (χ1) is 12.1. The van der Waals surface area contributed by atoms with Crippen LogP contribution < -0.4 is 5.32 Å². The molecule has 0 aromatic heterocycles. The van der Waals surface area contributed by atoms with E-state index in [2.05, 4.69) is 5.32 Å². The molecule has 0 saturated heterocycles. The zero-order chi connectivity index (χ0) is 19.5. The summed E-state index contributed by atoms with van der Waals surface area (Å²) in [6, 6.07) is 2.58. The van der Waals surface area contributed by atoms with Gasteiger partial charge < -0.3 is 10.2 Å². The highest BCUT2D eigenvalue weighted by molar-refractivity contribution is 5.77. The third kappa shape index (κ3) is 5.34. The van der Waals surface area contributed by atoms with Gasteiger partial charge in [0, 0.05) is 31.6 Å². The number of anilines is 1. The molecular formula is C17H22F3N3O3. The number of benzene rings is 1. The van der Waals surface area contributed by atoms with Gasteiger partial charge in [-0.2, -0.15) is 13.2 Å². The molecule has 9 heteroatoms. The number of alkyl halides is 3. The molecule has 0 bridgehead atoms. The molecule has 1 amide bonds. The lowest BCUT2D eigenvalue weighted by Gasteiger charge is -2.24. The summed E-state index contributed by atoms with van der Waals surface area (Å²) in [4.78, 5) is 24.4. The van der Waals surface area contributed by atoms with Crippen molar-refractivity contribution < 1.29 is 22.9 Å². The smallest absolute Gasteiger partial charge is 0.379 e. The minimum atomic E-state index is -4.65. The van der Waals surface area contributed by atoms with Gasteiger partial charge in [0.05, 0.1) is 10.5 Å². The van der Waals surface area contributed by atoms with Crippen LogP contribution in [-0.4, -0.2) is 34.9 Å². The summed E-state index contributed by atoms with van der Waals surface area (Å²) in [5, 5.41) is 13.8. The molecule has 0 aliphatic heterocycles. The number of hydrogen-bond acceptors (Lipinski definition) is 4. The number of halogens is 3. The summed E-state index contributed by atoms with van der Waals surface area (Å²) >= 11 is 0. The fourth-order valence-corrected chi connectivity index (χ4v) is 2.69. The summed E-state index contributed by atoms with van der Waals surface area (Å²) in [6.07, 6.45) is -2.56. The second kappa shape index (κ2) is 7.92. The molecule has 1 N–H and O–H groups in total. The zero-order valence-electron chi connectivity index (χ0n) is 14.7. The van der Waals surface area contributed by atoms with Crippen LogP contribution in [-0.2, 0) is 11.0 Å². The number of nitro benzene ring substituents is 1. The Morgan fingerprint density at radius 3 is 2.54 bits per heavy atom. The van der Waals surface area contributed by atoms with Gasteiger partial charge in [0.15, 0.2) is 0 Å². The largest absolute Gasteiger partial charge is 0.416 e. The van der Waals surface area contributed by atoms with Crippen LogP contribution in [0.15, 0.2) is 18.2 Å². The third-order valence-corrected chi connectivity index (χ3v) is 4.05. The standard InChI is InChI=1S/C17H22F3N3O3/c1-11(2)10-22(13-4-5-13)16(24)7-8-21-14-6-3-12(17(18,19)20)9-15(14)23(25)26/h3,6,9,11,13,21H,4-5,7-8,10H2,1-2H3. The van der Waals surface area contributed by atoms with Crippen molar-refractivity contribution in [1.82, 2.24) is 4.90 Å². The Kier molecular flexibility index (Phi) is 6.09. The number of nitrogens with one attached hydrogen (secondary N) is 1. The topological polar surface area (TPSA) is 75.5 Å². The highest BCUT2D eigenvalue weighted by atomic mass is 19.4. The van der Waals surface area contributed by atoms with Crippen molar-refractivity contribution in [1.29, 1.82) is 0 Å². The molecule has 0 atom stereocenters. The molecule has 6 nitrogen and oxygen atoms in total. The van der Waals surface area contributed by atoms with E-state index in [1.54, 1.807) is 0 Å². The molecule has 1 saturated carbocycles. The van der Waals surface area contributed by atoms with E-state index in [4.69, 9.17) is 0 Å². The Bertz CT molecular complexity index is 673. The number of carbonyl (C=O) groups excluding carboxylic acids is 1. The monoisotopic (exact) mass is 373 g/mol. The second-order valence-electron chi connectivity index (χ2n) is 6.83. The van der Waals surface area contributed by atoms with Crippen LogP contribution in [0, 0.1) is 16.0 Å². The average Bonchev–Trinajstić information content (AvgIpc) is 3.36. The number of amides is 1. The lowest BCUT2D eigenvalue weighted by atomic mass is 10.1. The quantitative estimate of drug-likeness (QED) is 0.551. The van der Waals surface area contributed by atoms with Crippen LogP contribution in [0.3, 0.4) is 0 Å². The molecule has 26 heavy (non-hydrogen) atoms. The van der Waals surface area contributed by atoms with E-state index >= 15 is 0 Å². The summed E-state index contributed by atoms with van der Waals surface area (Å²) in [6.45, 7) is 4.81. The van der Waals surface area contributed by atoms with Crippen molar-refractivity contribution in [2.45, 2.75) is 45.3 Å².